The van der Waals surface area contributed by atoms with Crippen molar-refractivity contribution in [2.45, 2.75) is 257 Å². The molecule has 0 spiro atoms. The molecule has 0 aromatic carbocycles. The second-order valence-electron chi connectivity index (χ2n) is 20.5. The Kier molecular flexibility index (Phi) is 26.0. The summed E-state index contributed by atoms with van der Waals surface area (Å²) >= 11 is 0. The highest BCUT2D eigenvalue weighted by Gasteiger charge is 2.51. The van der Waals surface area contributed by atoms with Crippen molar-refractivity contribution in [3.8, 4) is 0 Å². The number of hydrogen-bond acceptors (Lipinski definition) is 8. The van der Waals surface area contributed by atoms with Gasteiger partial charge in [-0.15, -0.1) is 0 Å². The van der Waals surface area contributed by atoms with E-state index < -0.39 is 57.7 Å². The van der Waals surface area contributed by atoms with Crippen LogP contribution in [0.3, 0.4) is 0 Å². The summed E-state index contributed by atoms with van der Waals surface area (Å²) in [7, 11) is -8.69. The summed E-state index contributed by atoms with van der Waals surface area (Å²) in [6.45, 7) is 53.2. The zero-order valence-electron chi connectivity index (χ0n) is 41.2. The Morgan fingerprint density at radius 3 is 0.625 bits per heavy atom. The van der Waals surface area contributed by atoms with E-state index in [-0.39, 0.29) is 13.2 Å². The van der Waals surface area contributed by atoms with Gasteiger partial charge in [-0.3, -0.25) is 0 Å². The summed E-state index contributed by atoms with van der Waals surface area (Å²) in [6.07, 6.45) is -1.93. The van der Waals surface area contributed by atoms with Gasteiger partial charge in [-0.25, -0.2) is 0 Å². The number of aliphatic hydroxyl groups is 2. The van der Waals surface area contributed by atoms with Crippen LogP contribution in [0.25, 0.3) is 0 Å². The van der Waals surface area contributed by atoms with Crippen LogP contribution in [-0.4, -0.2) is 93.7 Å². The minimum Gasteiger partial charge on any atom is -0.413 e. The van der Waals surface area contributed by atoms with Gasteiger partial charge in [-0.1, -0.05) is 166 Å². The first kappa shape index (κ1) is 58.1. The van der Waals surface area contributed by atoms with E-state index in [2.05, 4.69) is 166 Å². The molecule has 8 nitrogen and oxygen atoms in total. The zero-order valence-corrected chi connectivity index (χ0v) is 45.2. The van der Waals surface area contributed by atoms with Gasteiger partial charge in [0.25, 0.3) is 0 Å². The Hall–Kier alpha value is -0.0325. The van der Waals surface area contributed by atoms with E-state index in [1.165, 1.54) is 0 Å². The molecule has 0 rings (SSSR count). The lowest BCUT2D eigenvalue weighted by Crippen LogP contribution is -2.55. The summed E-state index contributed by atoms with van der Waals surface area (Å²) in [5.41, 5.74) is 4.77. The number of carbonyl (C=O) groups is 2. The molecule has 0 saturated heterocycles. The van der Waals surface area contributed by atoms with Crippen LogP contribution in [0.4, 0.5) is 0 Å². The highest BCUT2D eigenvalue weighted by molar-refractivity contribution is 6.79. The van der Waals surface area contributed by atoms with Gasteiger partial charge in [0, 0.05) is 0 Å². The van der Waals surface area contributed by atoms with Crippen LogP contribution in [0.15, 0.2) is 0 Å². The molecule has 0 amide bonds. The number of hydrogen-bond donors (Lipinski definition) is 2. The molecule has 4 atom stereocenters. The van der Waals surface area contributed by atoms with Crippen molar-refractivity contribution < 1.29 is 37.5 Å². The lowest BCUT2D eigenvalue weighted by Gasteiger charge is -2.45. The third kappa shape index (κ3) is 13.5. The van der Waals surface area contributed by atoms with E-state index >= 15 is 0 Å². The zero-order chi connectivity index (χ0) is 44.9. The quantitative estimate of drug-likeness (QED) is 0.0653. The molecule has 56 heavy (non-hydrogen) atoms. The Morgan fingerprint density at radius 2 is 0.500 bits per heavy atom. The van der Waals surface area contributed by atoms with Crippen LogP contribution in [0, 0.1) is 0 Å². The van der Waals surface area contributed by atoms with Crippen molar-refractivity contribution in [3.05, 3.63) is 0 Å². The first-order valence-corrected chi connectivity index (χ1v) is 30.9. The van der Waals surface area contributed by atoms with Gasteiger partial charge < -0.3 is 37.5 Å². The molecule has 0 fully saturated rings. The van der Waals surface area contributed by atoms with Crippen molar-refractivity contribution in [2.75, 3.05) is 13.2 Å². The molecular weight excluding hydrogens is 769 g/mol. The molecule has 0 radical (unpaired) electrons. The summed E-state index contributed by atoms with van der Waals surface area (Å²) in [5, 5.41) is 21.8. The van der Waals surface area contributed by atoms with Gasteiger partial charge in [0.2, 0.25) is 16.6 Å². The molecule has 12 heteroatoms. The van der Waals surface area contributed by atoms with E-state index in [9.17, 15) is 19.8 Å². The topological polar surface area (TPSA) is 112 Å². The smallest absolute Gasteiger partial charge is 0.201 e. The highest BCUT2D eigenvalue weighted by Crippen LogP contribution is 2.46. The first-order chi connectivity index (χ1) is 25.4. The largest absolute Gasteiger partial charge is 0.413 e. The maximum absolute atomic E-state index is 11.9. The second-order valence-corrected chi connectivity index (χ2v) is 42.2. The number of aldehydes is 2. The molecule has 0 bridgehead atoms. The normalized spacial score (nSPS) is 16.1. The minimum absolute atomic E-state index is 0.170. The number of aliphatic hydroxyl groups excluding tert-OH is 2. The van der Waals surface area contributed by atoms with E-state index in [0.717, 1.165) is 12.6 Å². The van der Waals surface area contributed by atoms with Gasteiger partial charge in [0.05, 0.1) is 13.2 Å². The van der Waals surface area contributed by atoms with E-state index in [1.807, 2.05) is 0 Å². The minimum atomic E-state index is -2.25. The van der Waals surface area contributed by atoms with Crippen LogP contribution < -0.4 is 0 Å². The molecule has 0 heterocycles. The maximum Gasteiger partial charge on any atom is 0.201 e. The Bertz CT molecular complexity index is 920. The molecule has 0 aliphatic rings. The van der Waals surface area contributed by atoms with Crippen LogP contribution in [-0.2, 0) is 27.3 Å². The molecule has 0 aliphatic carbocycles. The van der Waals surface area contributed by atoms with Gasteiger partial charge in [0.15, 0.2) is 16.6 Å². The van der Waals surface area contributed by atoms with Crippen molar-refractivity contribution in [1.82, 2.24) is 0 Å². The van der Waals surface area contributed by atoms with Crippen LogP contribution in [0.1, 0.15) is 166 Å². The maximum atomic E-state index is 11.9. The molecule has 0 saturated carbocycles. The van der Waals surface area contributed by atoms with Crippen LogP contribution in [0.2, 0.25) is 66.5 Å². The second kappa shape index (κ2) is 25.0. The molecular formula is C44H96O8Si4. The van der Waals surface area contributed by atoms with Crippen molar-refractivity contribution in [2.24, 2.45) is 0 Å². The van der Waals surface area contributed by atoms with Gasteiger partial charge in [0.1, 0.15) is 37.0 Å². The summed E-state index contributed by atoms with van der Waals surface area (Å²) in [6, 6.07) is 0. The third-order valence-electron chi connectivity index (χ3n) is 13.5. The first-order valence-electron chi connectivity index (χ1n) is 22.3. The fourth-order valence-corrected chi connectivity index (χ4v) is 33.3. The lowest BCUT2D eigenvalue weighted by molar-refractivity contribution is -0.121. The monoisotopic (exact) mass is 865 g/mol. The Labute approximate surface area is 352 Å². The van der Waals surface area contributed by atoms with Crippen LogP contribution >= 0.6 is 0 Å². The van der Waals surface area contributed by atoms with Crippen molar-refractivity contribution in [3.63, 3.8) is 0 Å². The predicted octanol–water partition coefficient (Wildman–Crippen LogP) is 12.6. The number of rotatable bonds is 26. The molecule has 0 aromatic rings. The summed E-state index contributed by atoms with van der Waals surface area (Å²) in [5.74, 6) is 0. The average Bonchev–Trinajstić information content (AvgIpc) is 3.04. The van der Waals surface area contributed by atoms with Crippen molar-refractivity contribution >= 4 is 45.8 Å². The van der Waals surface area contributed by atoms with E-state index in [4.69, 9.17) is 17.7 Å². The molecule has 0 unspecified atom stereocenters. The summed E-state index contributed by atoms with van der Waals surface area (Å²) < 4.78 is 26.1. The number of carbonyl (C=O) groups excluding carboxylic acids is 2. The molecule has 0 aromatic heterocycles. The standard InChI is InChI=1S/2C22H48O4Si2/c2*1-15(2)27(16(3)4,17(5)6)25-14-21(24)22(13-23)26-28(18(7)8,19(9)10)20(11)12/h2*13,15-22,24H,14H2,1-12H3/t21-,22+;21-,22-/m00/s1. The molecule has 2 N–H and O–H groups in total. The van der Waals surface area contributed by atoms with E-state index in [1.54, 1.807) is 0 Å². The summed E-state index contributed by atoms with van der Waals surface area (Å²) in [4.78, 5) is 23.8. The van der Waals surface area contributed by atoms with Crippen molar-refractivity contribution in [1.29, 1.82) is 0 Å². The van der Waals surface area contributed by atoms with Gasteiger partial charge >= 0.3 is 0 Å². The highest BCUT2D eigenvalue weighted by atomic mass is 28.4. The predicted molar refractivity (Wildman–Crippen MR) is 250 cm³/mol. The molecule has 336 valence electrons. The fraction of sp³-hybridized carbons (Fsp3) is 0.955. The Morgan fingerprint density at radius 1 is 0.339 bits per heavy atom. The van der Waals surface area contributed by atoms with Crippen LogP contribution in [0.5, 0.6) is 0 Å². The Balaban J connectivity index is 0. The van der Waals surface area contributed by atoms with Gasteiger partial charge in [-0.2, -0.15) is 0 Å². The average molecular weight is 866 g/mol. The van der Waals surface area contributed by atoms with Gasteiger partial charge in [-0.05, 0) is 66.5 Å². The third-order valence-corrected chi connectivity index (χ3v) is 37.9. The van der Waals surface area contributed by atoms with E-state index in [0.29, 0.717) is 66.5 Å². The molecule has 0 aliphatic heterocycles. The fourth-order valence-electron chi connectivity index (χ4n) is 11.3. The SMILES string of the molecule is CC(C)[Si](OC[C@H](O)[C@@H](C=O)O[Si](C(C)C)(C(C)C)C(C)C)(C(C)C)C(C)C.CC(C)[Si](OC[C@H](O)[C@H](C=O)O[Si](C(C)C)(C(C)C)C(C)C)(C(C)C)C(C)C. The lowest BCUT2D eigenvalue weighted by atomic mass is 10.2.